The Morgan fingerprint density at radius 1 is 1.60 bits per heavy atom. The first-order chi connectivity index (χ1) is 7.15. The first-order valence-electron chi connectivity index (χ1n) is 5.58. The van der Waals surface area contributed by atoms with Gasteiger partial charge in [-0.05, 0) is 18.8 Å². The normalized spacial score (nSPS) is 23.1. The van der Waals surface area contributed by atoms with Gasteiger partial charge in [-0.3, -0.25) is 4.79 Å². The minimum Gasteiger partial charge on any atom is -0.468 e. The molecule has 0 aliphatic carbocycles. The van der Waals surface area contributed by atoms with Crippen molar-refractivity contribution < 1.29 is 14.3 Å². The molecule has 1 saturated heterocycles. The molecule has 0 spiro atoms. The summed E-state index contributed by atoms with van der Waals surface area (Å²) < 4.78 is 10.2. The van der Waals surface area contributed by atoms with E-state index in [-0.39, 0.29) is 24.0 Å². The van der Waals surface area contributed by atoms with Crippen molar-refractivity contribution >= 4 is 5.97 Å². The maximum Gasteiger partial charge on any atom is 0.323 e. The molecule has 1 aliphatic rings. The summed E-state index contributed by atoms with van der Waals surface area (Å²) in [5.74, 6) is 0.0434. The molecule has 0 aromatic carbocycles. The van der Waals surface area contributed by atoms with Gasteiger partial charge in [-0.25, -0.2) is 0 Å². The zero-order valence-electron chi connectivity index (χ0n) is 9.79. The summed E-state index contributed by atoms with van der Waals surface area (Å²) in [6.07, 6.45) is 2.46. The van der Waals surface area contributed by atoms with Gasteiger partial charge in [-0.1, -0.05) is 13.8 Å². The van der Waals surface area contributed by atoms with Gasteiger partial charge in [-0.2, -0.15) is 0 Å². The van der Waals surface area contributed by atoms with E-state index in [2.05, 4.69) is 5.32 Å². The van der Waals surface area contributed by atoms with E-state index in [0.717, 1.165) is 26.0 Å². The molecule has 15 heavy (non-hydrogen) atoms. The summed E-state index contributed by atoms with van der Waals surface area (Å²) in [6.45, 7) is 5.59. The Bertz CT molecular complexity index is 200. The average molecular weight is 215 g/mol. The summed E-state index contributed by atoms with van der Waals surface area (Å²) in [5, 5.41) is 3.21. The van der Waals surface area contributed by atoms with E-state index in [1.165, 1.54) is 7.11 Å². The zero-order chi connectivity index (χ0) is 11.3. The number of esters is 1. The van der Waals surface area contributed by atoms with Crippen LogP contribution in [-0.4, -0.2) is 38.4 Å². The molecule has 1 heterocycles. The fourth-order valence-corrected chi connectivity index (χ4v) is 1.78. The Morgan fingerprint density at radius 3 is 2.80 bits per heavy atom. The standard InChI is InChI=1S/C11H21NO3/c1-8(2)10(11(13)14-3)12-7-9-5-4-6-15-9/h8-10,12H,4-7H2,1-3H3/t9-,10-/m1/s1. The maximum absolute atomic E-state index is 11.4. The van der Waals surface area contributed by atoms with Crippen LogP contribution in [0, 0.1) is 5.92 Å². The molecule has 0 aromatic rings. The van der Waals surface area contributed by atoms with E-state index < -0.39 is 0 Å². The van der Waals surface area contributed by atoms with Gasteiger partial charge in [0.2, 0.25) is 0 Å². The summed E-state index contributed by atoms with van der Waals surface area (Å²) in [6, 6.07) is -0.223. The van der Waals surface area contributed by atoms with Crippen LogP contribution in [0.3, 0.4) is 0 Å². The number of hydrogen-bond donors (Lipinski definition) is 1. The number of methoxy groups -OCH3 is 1. The molecule has 1 aliphatic heterocycles. The van der Waals surface area contributed by atoms with E-state index >= 15 is 0 Å². The highest BCUT2D eigenvalue weighted by Crippen LogP contribution is 2.12. The third-order valence-electron chi connectivity index (χ3n) is 2.71. The second-order valence-corrected chi connectivity index (χ2v) is 4.29. The average Bonchev–Trinajstić information content (AvgIpc) is 2.70. The Labute approximate surface area is 91.3 Å². The SMILES string of the molecule is COC(=O)[C@H](NC[C@H]1CCCO1)C(C)C. The molecule has 88 valence electrons. The largest absolute Gasteiger partial charge is 0.468 e. The summed E-state index contributed by atoms with van der Waals surface area (Å²) in [7, 11) is 1.42. The topological polar surface area (TPSA) is 47.6 Å². The van der Waals surface area contributed by atoms with E-state index in [9.17, 15) is 4.79 Å². The fourth-order valence-electron chi connectivity index (χ4n) is 1.78. The third-order valence-corrected chi connectivity index (χ3v) is 2.71. The number of carbonyl (C=O) groups is 1. The maximum atomic E-state index is 11.4. The lowest BCUT2D eigenvalue weighted by Gasteiger charge is -2.21. The van der Waals surface area contributed by atoms with Gasteiger partial charge in [0.05, 0.1) is 13.2 Å². The predicted molar refractivity (Wildman–Crippen MR) is 57.6 cm³/mol. The van der Waals surface area contributed by atoms with Crippen LogP contribution in [0.4, 0.5) is 0 Å². The number of rotatable bonds is 5. The third kappa shape index (κ3) is 3.80. The molecule has 0 aromatic heterocycles. The summed E-state index contributed by atoms with van der Waals surface area (Å²) >= 11 is 0. The number of nitrogens with one attached hydrogen (secondary N) is 1. The number of carbonyl (C=O) groups excluding carboxylic acids is 1. The predicted octanol–water partition coefficient (Wildman–Crippen LogP) is 0.953. The Balaban J connectivity index is 2.33. The van der Waals surface area contributed by atoms with Gasteiger partial charge in [0.15, 0.2) is 0 Å². The van der Waals surface area contributed by atoms with Gasteiger partial charge in [0.1, 0.15) is 6.04 Å². The van der Waals surface area contributed by atoms with Crippen LogP contribution in [0.1, 0.15) is 26.7 Å². The van der Waals surface area contributed by atoms with Gasteiger partial charge >= 0.3 is 5.97 Å². The lowest BCUT2D eigenvalue weighted by atomic mass is 10.0. The highest BCUT2D eigenvalue weighted by molar-refractivity contribution is 5.75. The molecule has 2 atom stereocenters. The molecule has 1 N–H and O–H groups in total. The van der Waals surface area contributed by atoms with Crippen molar-refractivity contribution in [2.75, 3.05) is 20.3 Å². The van der Waals surface area contributed by atoms with Crippen LogP contribution in [0.2, 0.25) is 0 Å². The van der Waals surface area contributed by atoms with E-state index in [1.807, 2.05) is 13.8 Å². The van der Waals surface area contributed by atoms with Gasteiger partial charge < -0.3 is 14.8 Å². The van der Waals surface area contributed by atoms with E-state index in [4.69, 9.17) is 9.47 Å². The molecule has 4 nitrogen and oxygen atoms in total. The lowest BCUT2D eigenvalue weighted by molar-refractivity contribution is -0.144. The Kier molecular flexibility index (Phi) is 5.05. The number of hydrogen-bond acceptors (Lipinski definition) is 4. The highest BCUT2D eigenvalue weighted by Gasteiger charge is 2.24. The van der Waals surface area contributed by atoms with Crippen LogP contribution < -0.4 is 5.32 Å². The second-order valence-electron chi connectivity index (χ2n) is 4.29. The minimum absolute atomic E-state index is 0.192. The van der Waals surface area contributed by atoms with Gasteiger partial charge in [-0.15, -0.1) is 0 Å². The quantitative estimate of drug-likeness (QED) is 0.694. The lowest BCUT2D eigenvalue weighted by Crippen LogP contribution is -2.44. The van der Waals surface area contributed by atoms with Crippen LogP contribution in [-0.2, 0) is 14.3 Å². The Morgan fingerprint density at radius 2 is 2.33 bits per heavy atom. The second kappa shape index (κ2) is 6.08. The molecule has 0 radical (unpaired) electrons. The van der Waals surface area contributed by atoms with Crippen LogP contribution in [0.5, 0.6) is 0 Å². The van der Waals surface area contributed by atoms with Crippen molar-refractivity contribution in [2.24, 2.45) is 5.92 Å². The molecule has 1 rings (SSSR count). The molecule has 0 unspecified atom stereocenters. The summed E-state index contributed by atoms with van der Waals surface area (Å²) in [4.78, 5) is 11.4. The van der Waals surface area contributed by atoms with Crippen molar-refractivity contribution in [3.8, 4) is 0 Å². The van der Waals surface area contributed by atoms with Crippen LogP contribution in [0.15, 0.2) is 0 Å². The Hall–Kier alpha value is -0.610. The van der Waals surface area contributed by atoms with Gasteiger partial charge in [0.25, 0.3) is 0 Å². The molecular weight excluding hydrogens is 194 g/mol. The van der Waals surface area contributed by atoms with Crippen molar-refractivity contribution in [3.63, 3.8) is 0 Å². The molecular formula is C11H21NO3. The van der Waals surface area contributed by atoms with Crippen molar-refractivity contribution in [2.45, 2.75) is 38.8 Å². The van der Waals surface area contributed by atoms with Gasteiger partial charge in [0, 0.05) is 13.2 Å². The smallest absolute Gasteiger partial charge is 0.323 e. The minimum atomic E-state index is -0.223. The van der Waals surface area contributed by atoms with E-state index in [1.54, 1.807) is 0 Å². The molecule has 0 amide bonds. The highest BCUT2D eigenvalue weighted by atomic mass is 16.5. The van der Waals surface area contributed by atoms with E-state index in [0.29, 0.717) is 0 Å². The molecule has 0 saturated carbocycles. The van der Waals surface area contributed by atoms with Crippen LogP contribution in [0.25, 0.3) is 0 Å². The first-order valence-corrected chi connectivity index (χ1v) is 5.58. The molecule has 1 fully saturated rings. The fraction of sp³-hybridized carbons (Fsp3) is 0.909. The molecule has 4 heteroatoms. The summed E-state index contributed by atoms with van der Waals surface area (Å²) in [5.41, 5.74) is 0. The first kappa shape index (κ1) is 12.5. The van der Waals surface area contributed by atoms with Crippen molar-refractivity contribution in [1.29, 1.82) is 0 Å². The zero-order valence-corrected chi connectivity index (χ0v) is 9.79. The number of ether oxygens (including phenoxy) is 2. The monoisotopic (exact) mass is 215 g/mol. The van der Waals surface area contributed by atoms with Crippen molar-refractivity contribution in [3.05, 3.63) is 0 Å². The van der Waals surface area contributed by atoms with Crippen LogP contribution >= 0.6 is 0 Å². The molecule has 0 bridgehead atoms. The van der Waals surface area contributed by atoms with Crippen molar-refractivity contribution in [1.82, 2.24) is 5.32 Å².